The lowest BCUT2D eigenvalue weighted by atomic mass is 9.95. The highest BCUT2D eigenvalue weighted by atomic mass is 14.9. The molecule has 0 amide bonds. The molecule has 11 rings (SSSR count). The number of fused-ring (bicyclic) bond motifs is 4. The van der Waals surface area contributed by atoms with Crippen molar-refractivity contribution in [1.82, 2.24) is 9.97 Å². The summed E-state index contributed by atoms with van der Waals surface area (Å²) in [5, 5.41) is 9.64. The Morgan fingerprint density at radius 3 is 1.43 bits per heavy atom. The van der Waals surface area contributed by atoms with Gasteiger partial charge in [0.05, 0.1) is 11.4 Å². The fourth-order valence-electron chi connectivity index (χ4n) is 8.51. The molecular formula is C56H36N2. The Kier molecular flexibility index (Phi) is 8.19. The van der Waals surface area contributed by atoms with Gasteiger partial charge in [0.1, 0.15) is 0 Å². The van der Waals surface area contributed by atoms with Crippen molar-refractivity contribution in [3.8, 4) is 67.3 Å². The maximum Gasteiger partial charge on any atom is 0.160 e. The monoisotopic (exact) mass is 736 g/mol. The zero-order valence-corrected chi connectivity index (χ0v) is 31.7. The van der Waals surface area contributed by atoms with E-state index in [9.17, 15) is 0 Å². The molecule has 0 bridgehead atoms. The SMILES string of the molecule is c1ccc(-c2ccc3c(-c4cc(-c5ccc(-c6cccc7ccccc67)cc5)nc(-c5ccc6cc(-c7cccc8ccccc78)ccc6c5)n4)cccc3c2)cc1. The first kappa shape index (κ1) is 33.6. The van der Waals surface area contributed by atoms with Crippen LogP contribution in [0.1, 0.15) is 0 Å². The molecule has 10 aromatic carbocycles. The number of rotatable bonds is 6. The maximum atomic E-state index is 5.32. The molecule has 0 saturated carbocycles. The predicted octanol–water partition coefficient (Wildman–Crippen LogP) is 15.1. The quantitative estimate of drug-likeness (QED) is 0.170. The van der Waals surface area contributed by atoms with E-state index < -0.39 is 0 Å². The molecule has 2 heteroatoms. The van der Waals surface area contributed by atoms with Crippen LogP contribution in [0.4, 0.5) is 0 Å². The highest BCUT2D eigenvalue weighted by molar-refractivity contribution is 6.01. The van der Waals surface area contributed by atoms with Gasteiger partial charge >= 0.3 is 0 Å². The van der Waals surface area contributed by atoms with Crippen molar-refractivity contribution in [2.24, 2.45) is 0 Å². The normalized spacial score (nSPS) is 11.4. The molecule has 1 aromatic heterocycles. The molecule has 0 fully saturated rings. The van der Waals surface area contributed by atoms with E-state index in [4.69, 9.17) is 9.97 Å². The summed E-state index contributed by atoms with van der Waals surface area (Å²) in [4.78, 5) is 10.6. The van der Waals surface area contributed by atoms with Gasteiger partial charge in [-0.15, -0.1) is 0 Å². The zero-order valence-electron chi connectivity index (χ0n) is 31.7. The van der Waals surface area contributed by atoms with Crippen LogP contribution in [0.25, 0.3) is 110 Å². The van der Waals surface area contributed by atoms with Crippen molar-refractivity contribution in [2.45, 2.75) is 0 Å². The van der Waals surface area contributed by atoms with Gasteiger partial charge in [0.25, 0.3) is 0 Å². The van der Waals surface area contributed by atoms with E-state index in [-0.39, 0.29) is 0 Å². The van der Waals surface area contributed by atoms with Gasteiger partial charge in [0.2, 0.25) is 0 Å². The third-order valence-corrected chi connectivity index (χ3v) is 11.5. The molecule has 0 aliphatic carbocycles. The first-order valence-electron chi connectivity index (χ1n) is 19.8. The largest absolute Gasteiger partial charge is 0.228 e. The molecule has 11 aromatic rings. The average molecular weight is 737 g/mol. The maximum absolute atomic E-state index is 5.32. The van der Waals surface area contributed by atoms with E-state index in [2.05, 4.69) is 218 Å². The third-order valence-electron chi connectivity index (χ3n) is 11.5. The van der Waals surface area contributed by atoms with E-state index in [1.165, 1.54) is 65.7 Å². The van der Waals surface area contributed by atoms with Gasteiger partial charge in [0, 0.05) is 16.7 Å². The highest BCUT2D eigenvalue weighted by Gasteiger charge is 2.15. The van der Waals surface area contributed by atoms with Crippen molar-refractivity contribution < 1.29 is 0 Å². The average Bonchev–Trinajstić information content (AvgIpc) is 3.30. The summed E-state index contributed by atoms with van der Waals surface area (Å²) in [5.41, 5.74) is 12.1. The molecule has 0 spiro atoms. The molecule has 1 heterocycles. The number of nitrogens with zero attached hydrogens (tertiary/aromatic N) is 2. The Morgan fingerprint density at radius 1 is 0.224 bits per heavy atom. The summed E-state index contributed by atoms with van der Waals surface area (Å²) >= 11 is 0. The van der Waals surface area contributed by atoms with Crippen molar-refractivity contribution in [3.63, 3.8) is 0 Å². The lowest BCUT2D eigenvalue weighted by molar-refractivity contribution is 1.19. The third kappa shape index (κ3) is 6.09. The van der Waals surface area contributed by atoms with Crippen LogP contribution < -0.4 is 0 Å². The van der Waals surface area contributed by atoms with Gasteiger partial charge in [-0.25, -0.2) is 9.97 Å². The van der Waals surface area contributed by atoms with Crippen LogP contribution >= 0.6 is 0 Å². The van der Waals surface area contributed by atoms with Gasteiger partial charge in [-0.3, -0.25) is 0 Å². The van der Waals surface area contributed by atoms with Crippen LogP contribution in [0, 0.1) is 0 Å². The number of benzene rings is 10. The molecule has 0 aliphatic rings. The van der Waals surface area contributed by atoms with Crippen LogP contribution in [-0.4, -0.2) is 9.97 Å². The molecular weight excluding hydrogens is 701 g/mol. The van der Waals surface area contributed by atoms with Crippen molar-refractivity contribution in [3.05, 3.63) is 218 Å². The van der Waals surface area contributed by atoms with E-state index >= 15 is 0 Å². The minimum absolute atomic E-state index is 0.698. The summed E-state index contributed by atoms with van der Waals surface area (Å²) in [7, 11) is 0. The molecule has 2 nitrogen and oxygen atoms in total. The Bertz CT molecular complexity index is 3320. The topological polar surface area (TPSA) is 25.8 Å². The smallest absolute Gasteiger partial charge is 0.160 e. The molecule has 270 valence electrons. The van der Waals surface area contributed by atoms with E-state index in [0.717, 1.165) is 38.9 Å². The Balaban J connectivity index is 1.03. The fraction of sp³-hybridized carbons (Fsp3) is 0. The first-order valence-corrected chi connectivity index (χ1v) is 19.8. The number of hydrogen-bond acceptors (Lipinski definition) is 2. The van der Waals surface area contributed by atoms with Gasteiger partial charge in [0.15, 0.2) is 5.82 Å². The Labute approximate surface area is 337 Å². The van der Waals surface area contributed by atoms with E-state index in [1.807, 2.05) is 0 Å². The van der Waals surface area contributed by atoms with E-state index in [1.54, 1.807) is 0 Å². The van der Waals surface area contributed by atoms with Gasteiger partial charge < -0.3 is 0 Å². The van der Waals surface area contributed by atoms with Gasteiger partial charge in [-0.1, -0.05) is 194 Å². The second kappa shape index (κ2) is 14.1. The second-order valence-electron chi connectivity index (χ2n) is 15.0. The minimum Gasteiger partial charge on any atom is -0.228 e. The molecule has 0 N–H and O–H groups in total. The predicted molar refractivity (Wildman–Crippen MR) is 245 cm³/mol. The minimum atomic E-state index is 0.698. The molecule has 0 unspecified atom stereocenters. The fourth-order valence-corrected chi connectivity index (χ4v) is 8.51. The summed E-state index contributed by atoms with van der Waals surface area (Å²) < 4.78 is 0. The Morgan fingerprint density at radius 2 is 0.707 bits per heavy atom. The lowest BCUT2D eigenvalue weighted by Gasteiger charge is -2.13. The zero-order chi connectivity index (χ0) is 38.4. The van der Waals surface area contributed by atoms with Crippen molar-refractivity contribution in [1.29, 1.82) is 0 Å². The van der Waals surface area contributed by atoms with Crippen LogP contribution in [0.2, 0.25) is 0 Å². The van der Waals surface area contributed by atoms with Crippen LogP contribution in [0.3, 0.4) is 0 Å². The molecule has 0 saturated heterocycles. The summed E-state index contributed by atoms with van der Waals surface area (Å²) in [6.45, 7) is 0. The Hall–Kier alpha value is -7.68. The van der Waals surface area contributed by atoms with Crippen molar-refractivity contribution in [2.75, 3.05) is 0 Å². The summed E-state index contributed by atoms with van der Waals surface area (Å²) in [5.74, 6) is 0.698. The van der Waals surface area contributed by atoms with E-state index in [0.29, 0.717) is 5.82 Å². The van der Waals surface area contributed by atoms with Crippen LogP contribution in [0.15, 0.2) is 218 Å². The first-order chi connectivity index (χ1) is 28.7. The highest BCUT2D eigenvalue weighted by Crippen LogP contribution is 2.37. The second-order valence-corrected chi connectivity index (χ2v) is 15.0. The molecule has 0 atom stereocenters. The van der Waals surface area contributed by atoms with Gasteiger partial charge in [-0.05, 0) is 101 Å². The summed E-state index contributed by atoms with van der Waals surface area (Å²) in [6.07, 6.45) is 0. The molecule has 0 aliphatic heterocycles. The standard InChI is InChI=1S/C56H36N2/c1-2-11-37(12-3-1)42-31-32-52-45(33-42)17-10-22-53(52)55-36-54(41-25-23-40(24-26-41)50-20-8-15-38-13-4-6-18-48(38)50)57-56(58-55)47-30-28-43-34-46(29-27-44(43)35-47)51-21-9-16-39-14-5-7-19-49(39)51/h1-36H. The molecule has 58 heavy (non-hydrogen) atoms. The van der Waals surface area contributed by atoms with Crippen LogP contribution in [-0.2, 0) is 0 Å². The number of hydrogen-bond donors (Lipinski definition) is 0. The number of aromatic nitrogens is 2. The van der Waals surface area contributed by atoms with Gasteiger partial charge in [-0.2, -0.15) is 0 Å². The van der Waals surface area contributed by atoms with Crippen molar-refractivity contribution >= 4 is 43.1 Å². The van der Waals surface area contributed by atoms with Crippen LogP contribution in [0.5, 0.6) is 0 Å². The molecule has 0 radical (unpaired) electrons. The summed E-state index contributed by atoms with van der Waals surface area (Å²) in [6, 6.07) is 78.3. The lowest BCUT2D eigenvalue weighted by Crippen LogP contribution is -1.97.